The topological polar surface area (TPSA) is 68.0 Å². The van der Waals surface area contributed by atoms with Crippen molar-refractivity contribution in [1.82, 2.24) is 15.3 Å². The number of carbonyl (C=O) groups is 1. The van der Waals surface area contributed by atoms with Crippen LogP contribution in [0, 0.1) is 0 Å². The number of aromatic nitrogens is 2. The van der Waals surface area contributed by atoms with Gasteiger partial charge in [-0.25, -0.2) is 18.7 Å². The van der Waals surface area contributed by atoms with Crippen molar-refractivity contribution in [3.63, 3.8) is 0 Å². The van der Waals surface area contributed by atoms with Gasteiger partial charge >= 0.3 is 0 Å². The Morgan fingerprint density at radius 3 is 2.91 bits per heavy atom. The zero-order valence-electron chi connectivity index (χ0n) is 11.3. The van der Waals surface area contributed by atoms with Crippen molar-refractivity contribution in [2.45, 2.75) is 13.0 Å². The van der Waals surface area contributed by atoms with Gasteiger partial charge in [0, 0.05) is 11.6 Å². The van der Waals surface area contributed by atoms with E-state index in [1.807, 2.05) is 0 Å². The van der Waals surface area contributed by atoms with Gasteiger partial charge < -0.3 is 9.73 Å². The molecule has 2 aromatic heterocycles. The van der Waals surface area contributed by atoms with E-state index in [-0.39, 0.29) is 24.0 Å². The number of rotatable bonds is 4. The Bertz CT molecular complexity index is 817. The minimum absolute atomic E-state index is 0.0428. The lowest BCUT2D eigenvalue weighted by Gasteiger charge is -2.04. The molecule has 2 heterocycles. The van der Waals surface area contributed by atoms with E-state index in [0.717, 1.165) is 6.07 Å². The summed E-state index contributed by atoms with van der Waals surface area (Å²) in [5, 5.41) is 3.27. The Labute approximate surface area is 124 Å². The normalized spacial score (nSPS) is 11.0. The lowest BCUT2D eigenvalue weighted by molar-refractivity contribution is 0.0950. The van der Waals surface area contributed by atoms with Crippen molar-refractivity contribution < 1.29 is 18.0 Å². The number of hydrogen-bond donors (Lipinski definition) is 1. The number of furan rings is 1. The summed E-state index contributed by atoms with van der Waals surface area (Å²) in [5.41, 5.74) is 0.609. The van der Waals surface area contributed by atoms with Crippen LogP contribution in [0.15, 0.2) is 47.2 Å². The predicted molar refractivity (Wildman–Crippen MR) is 74.4 cm³/mol. The molecule has 22 heavy (non-hydrogen) atoms. The van der Waals surface area contributed by atoms with Gasteiger partial charge in [0.15, 0.2) is 0 Å². The number of hydrogen-bond acceptors (Lipinski definition) is 4. The van der Waals surface area contributed by atoms with Crippen LogP contribution in [0.25, 0.3) is 11.0 Å². The summed E-state index contributed by atoms with van der Waals surface area (Å²) in [6.45, 7) is -0.0428. The molecule has 0 spiro atoms. The maximum absolute atomic E-state index is 12.6. The lowest BCUT2D eigenvalue weighted by Crippen LogP contribution is -2.23. The minimum Gasteiger partial charge on any atom is -0.463 e. The zero-order valence-corrected chi connectivity index (χ0v) is 11.3. The molecule has 0 bridgehead atoms. The van der Waals surface area contributed by atoms with Crippen LogP contribution in [0.1, 0.15) is 28.3 Å². The van der Waals surface area contributed by atoms with Gasteiger partial charge in [-0.05, 0) is 12.1 Å². The van der Waals surface area contributed by atoms with Crippen LogP contribution in [-0.2, 0) is 6.54 Å². The number of alkyl halides is 2. The van der Waals surface area contributed by atoms with E-state index in [4.69, 9.17) is 4.42 Å². The summed E-state index contributed by atoms with van der Waals surface area (Å²) < 4.78 is 30.4. The van der Waals surface area contributed by atoms with Gasteiger partial charge in [-0.3, -0.25) is 4.79 Å². The van der Waals surface area contributed by atoms with E-state index < -0.39 is 6.43 Å². The third-order valence-electron chi connectivity index (χ3n) is 3.08. The number of benzene rings is 1. The van der Waals surface area contributed by atoms with E-state index in [2.05, 4.69) is 15.3 Å². The molecule has 3 rings (SSSR count). The highest BCUT2D eigenvalue weighted by atomic mass is 19.3. The molecule has 7 heteroatoms. The number of carbonyl (C=O) groups excluding carboxylic acids is 1. The summed E-state index contributed by atoms with van der Waals surface area (Å²) in [4.78, 5) is 19.7. The molecule has 0 aliphatic rings. The number of nitrogens with zero attached hydrogens (tertiary/aromatic N) is 2. The molecule has 1 N–H and O–H groups in total. The van der Waals surface area contributed by atoms with Crippen LogP contribution in [0.2, 0.25) is 0 Å². The Kier molecular flexibility index (Phi) is 3.78. The summed E-state index contributed by atoms with van der Waals surface area (Å²) in [5.74, 6) is -0.255. The van der Waals surface area contributed by atoms with Crippen molar-refractivity contribution in [1.29, 1.82) is 0 Å². The first-order chi connectivity index (χ1) is 10.6. The van der Waals surface area contributed by atoms with Crippen LogP contribution >= 0.6 is 0 Å². The van der Waals surface area contributed by atoms with Gasteiger partial charge in [0.25, 0.3) is 12.3 Å². The second-order valence-electron chi connectivity index (χ2n) is 4.53. The largest absolute Gasteiger partial charge is 0.463 e. The summed E-state index contributed by atoms with van der Waals surface area (Å²) in [7, 11) is 0. The monoisotopic (exact) mass is 303 g/mol. The summed E-state index contributed by atoms with van der Waals surface area (Å²) >= 11 is 0. The van der Waals surface area contributed by atoms with Crippen LogP contribution in [-0.4, -0.2) is 15.9 Å². The Morgan fingerprint density at radius 1 is 1.27 bits per heavy atom. The Morgan fingerprint density at radius 2 is 2.09 bits per heavy atom. The molecule has 1 aromatic carbocycles. The molecule has 0 aliphatic carbocycles. The fourth-order valence-corrected chi connectivity index (χ4v) is 2.03. The van der Waals surface area contributed by atoms with Gasteiger partial charge in [-0.2, -0.15) is 0 Å². The number of fused-ring (bicyclic) bond motifs is 1. The molecule has 0 atom stereocenters. The fourth-order valence-electron chi connectivity index (χ4n) is 2.03. The van der Waals surface area contributed by atoms with E-state index in [9.17, 15) is 13.6 Å². The number of amides is 1. The average molecular weight is 303 g/mol. The minimum atomic E-state index is -2.67. The maximum atomic E-state index is 12.6. The number of halogens is 2. The van der Waals surface area contributed by atoms with Crippen molar-refractivity contribution >= 4 is 16.9 Å². The second kappa shape index (κ2) is 5.88. The average Bonchev–Trinajstić information content (AvgIpc) is 2.97. The SMILES string of the molecule is O=C(NCc1nccc(C(F)F)n1)c1coc2ccccc12. The molecule has 0 saturated carbocycles. The standard InChI is InChI=1S/C15H11F2N3O2/c16-14(17)11-5-6-18-13(20-11)7-19-15(21)10-8-22-12-4-2-1-3-9(10)12/h1-6,8,14H,7H2,(H,19,21). The quantitative estimate of drug-likeness (QED) is 0.804. The molecule has 112 valence electrons. The molecule has 0 unspecified atom stereocenters. The lowest BCUT2D eigenvalue weighted by atomic mass is 10.1. The maximum Gasteiger partial charge on any atom is 0.280 e. The van der Waals surface area contributed by atoms with Gasteiger partial charge in [0.05, 0.1) is 12.1 Å². The predicted octanol–water partition coefficient (Wildman–Crippen LogP) is 3.09. The summed E-state index contributed by atoms with van der Waals surface area (Å²) in [6.07, 6.45) is -0.0742. The first-order valence-corrected chi connectivity index (χ1v) is 6.49. The van der Waals surface area contributed by atoms with Crippen LogP contribution in [0.3, 0.4) is 0 Å². The molecule has 0 aliphatic heterocycles. The zero-order chi connectivity index (χ0) is 15.5. The Balaban J connectivity index is 1.74. The van der Waals surface area contributed by atoms with Gasteiger partial charge in [-0.1, -0.05) is 18.2 Å². The molecule has 0 saturated heterocycles. The third kappa shape index (κ3) is 2.78. The summed E-state index contributed by atoms with van der Waals surface area (Å²) in [6, 6.07) is 8.25. The van der Waals surface area contributed by atoms with E-state index in [1.165, 1.54) is 12.5 Å². The number of nitrogens with one attached hydrogen (secondary N) is 1. The van der Waals surface area contributed by atoms with E-state index in [1.54, 1.807) is 24.3 Å². The van der Waals surface area contributed by atoms with Crippen LogP contribution in [0.4, 0.5) is 8.78 Å². The fraction of sp³-hybridized carbons (Fsp3) is 0.133. The molecular formula is C15H11F2N3O2. The molecular weight excluding hydrogens is 292 g/mol. The van der Waals surface area contributed by atoms with Gasteiger partial charge in [0.2, 0.25) is 0 Å². The molecule has 5 nitrogen and oxygen atoms in total. The van der Waals surface area contributed by atoms with Crippen LogP contribution < -0.4 is 5.32 Å². The van der Waals surface area contributed by atoms with Gasteiger partial charge in [-0.15, -0.1) is 0 Å². The molecule has 0 radical (unpaired) electrons. The van der Waals surface area contributed by atoms with Crippen molar-refractivity contribution in [2.24, 2.45) is 0 Å². The highest BCUT2D eigenvalue weighted by molar-refractivity contribution is 6.05. The van der Waals surface area contributed by atoms with E-state index >= 15 is 0 Å². The number of para-hydroxylation sites is 1. The molecule has 3 aromatic rings. The Hall–Kier alpha value is -2.83. The van der Waals surface area contributed by atoms with Crippen molar-refractivity contribution in [3.05, 3.63) is 59.9 Å². The second-order valence-corrected chi connectivity index (χ2v) is 4.53. The highest BCUT2D eigenvalue weighted by Crippen LogP contribution is 2.20. The third-order valence-corrected chi connectivity index (χ3v) is 3.08. The highest BCUT2D eigenvalue weighted by Gasteiger charge is 2.14. The first-order valence-electron chi connectivity index (χ1n) is 6.49. The van der Waals surface area contributed by atoms with Crippen LogP contribution in [0.5, 0.6) is 0 Å². The first kappa shape index (κ1) is 14.1. The molecule has 0 fully saturated rings. The smallest absolute Gasteiger partial charge is 0.280 e. The molecule has 1 amide bonds. The van der Waals surface area contributed by atoms with Crippen molar-refractivity contribution in [2.75, 3.05) is 0 Å². The van der Waals surface area contributed by atoms with E-state index in [0.29, 0.717) is 16.5 Å². The van der Waals surface area contributed by atoms with Gasteiger partial charge in [0.1, 0.15) is 23.4 Å². The van der Waals surface area contributed by atoms with Crippen molar-refractivity contribution in [3.8, 4) is 0 Å².